The molecule has 4 atom stereocenters. The fourth-order valence-electron chi connectivity index (χ4n) is 5.11. The van der Waals surface area contributed by atoms with Gasteiger partial charge in [0.2, 0.25) is 5.91 Å². The molecule has 0 spiro atoms. The summed E-state index contributed by atoms with van der Waals surface area (Å²) in [7, 11) is 2.21. The van der Waals surface area contributed by atoms with Crippen molar-refractivity contribution in [3.63, 3.8) is 0 Å². The monoisotopic (exact) mass is 385 g/mol. The Morgan fingerprint density at radius 2 is 2.04 bits per heavy atom. The number of nitrogens with zero attached hydrogens (tertiary/aromatic N) is 1. The molecule has 138 valence electrons. The fourth-order valence-corrected chi connectivity index (χ4v) is 5.40. The predicted molar refractivity (Wildman–Crippen MR) is 101 cm³/mol. The molecule has 1 aromatic rings. The Labute approximate surface area is 159 Å². The van der Waals surface area contributed by atoms with Crippen molar-refractivity contribution in [2.75, 3.05) is 20.1 Å². The summed E-state index contributed by atoms with van der Waals surface area (Å²) >= 11 is 12.5. The first-order valence-electron chi connectivity index (χ1n) is 9.04. The van der Waals surface area contributed by atoms with Gasteiger partial charge in [0.05, 0.1) is 29.7 Å². The molecule has 25 heavy (non-hydrogen) atoms. The number of likely N-dealkylation sites (N-methyl/N-ethyl adjacent to an activating group) is 1. The number of nitrogens with one attached hydrogen (secondary N) is 1. The van der Waals surface area contributed by atoms with E-state index in [0.29, 0.717) is 16.6 Å². The molecule has 2 N–H and O–H groups in total. The number of hydrogen-bond acceptors (Lipinski definition) is 2. The molecule has 0 bridgehead atoms. The molecule has 1 aromatic carbocycles. The highest BCUT2D eigenvalue weighted by Gasteiger charge is 2.58. The summed E-state index contributed by atoms with van der Waals surface area (Å²) in [4.78, 5) is 11.9. The highest BCUT2D eigenvalue weighted by atomic mass is 35.5. The van der Waals surface area contributed by atoms with Crippen LogP contribution >= 0.6 is 23.2 Å². The number of carbonyl (C=O) groups excluding carboxylic acids is 1. The van der Waals surface area contributed by atoms with Crippen LogP contribution in [0.4, 0.5) is 0 Å². The average molecular weight is 386 g/mol. The zero-order valence-electron chi connectivity index (χ0n) is 14.9. The van der Waals surface area contributed by atoms with E-state index >= 15 is 0 Å². The molecule has 2 aliphatic rings. The summed E-state index contributed by atoms with van der Waals surface area (Å²) in [5.41, 5.74) is 0.812. The molecular formula is C19H27Cl2N2O2+. The van der Waals surface area contributed by atoms with Gasteiger partial charge >= 0.3 is 0 Å². The number of likely N-dealkylation sites (tertiary alicyclic amines) is 1. The second kappa shape index (κ2) is 7.07. The fraction of sp³-hybridized carbons (Fsp3) is 0.632. The van der Waals surface area contributed by atoms with Crippen molar-refractivity contribution in [1.82, 2.24) is 5.32 Å². The molecule has 1 saturated carbocycles. The van der Waals surface area contributed by atoms with E-state index in [4.69, 9.17) is 23.2 Å². The number of rotatable bonds is 3. The van der Waals surface area contributed by atoms with Gasteiger partial charge in [-0.1, -0.05) is 35.7 Å². The van der Waals surface area contributed by atoms with Crippen molar-refractivity contribution in [3.05, 3.63) is 33.8 Å². The third-order valence-electron chi connectivity index (χ3n) is 6.21. The van der Waals surface area contributed by atoms with Crippen LogP contribution in [0.1, 0.15) is 44.6 Å². The molecule has 1 unspecified atom stereocenters. The van der Waals surface area contributed by atoms with Gasteiger partial charge in [0.25, 0.3) is 0 Å². The van der Waals surface area contributed by atoms with Gasteiger partial charge in [0, 0.05) is 25.3 Å². The number of aliphatic hydroxyl groups excluding tert-OH is 1. The lowest BCUT2D eigenvalue weighted by Gasteiger charge is -2.55. The predicted octanol–water partition coefficient (Wildman–Crippen LogP) is 3.48. The molecular weight excluding hydrogens is 359 g/mol. The SMILES string of the molecule is CC(=O)NC1CCCC[C@]1(c1ccc(Cl)c(Cl)c1)[N@+]1(C)CC[C@@H](O)C1. The van der Waals surface area contributed by atoms with Gasteiger partial charge in [-0.15, -0.1) is 0 Å². The smallest absolute Gasteiger partial charge is 0.217 e. The minimum atomic E-state index is -0.301. The zero-order valence-corrected chi connectivity index (χ0v) is 16.4. The van der Waals surface area contributed by atoms with E-state index in [0.717, 1.165) is 48.7 Å². The molecule has 1 aliphatic heterocycles. The molecule has 0 aromatic heterocycles. The van der Waals surface area contributed by atoms with E-state index < -0.39 is 0 Å². The highest BCUT2D eigenvalue weighted by molar-refractivity contribution is 6.42. The van der Waals surface area contributed by atoms with E-state index in [2.05, 4.69) is 12.4 Å². The van der Waals surface area contributed by atoms with E-state index in [1.165, 1.54) is 0 Å². The Morgan fingerprint density at radius 1 is 1.28 bits per heavy atom. The molecule has 4 nitrogen and oxygen atoms in total. The van der Waals surface area contributed by atoms with Gasteiger partial charge in [-0.3, -0.25) is 4.79 Å². The van der Waals surface area contributed by atoms with Crippen LogP contribution in [0.2, 0.25) is 10.0 Å². The maximum absolute atomic E-state index is 11.9. The van der Waals surface area contributed by atoms with E-state index in [1.54, 1.807) is 6.92 Å². The number of benzene rings is 1. The first-order valence-corrected chi connectivity index (χ1v) is 9.79. The quantitative estimate of drug-likeness (QED) is 0.782. The van der Waals surface area contributed by atoms with Gasteiger partial charge in [-0.2, -0.15) is 0 Å². The largest absolute Gasteiger partial charge is 0.387 e. The van der Waals surface area contributed by atoms with E-state index in [1.807, 2.05) is 18.2 Å². The molecule has 1 heterocycles. The van der Waals surface area contributed by atoms with Crippen LogP contribution in [0.15, 0.2) is 18.2 Å². The Bertz CT molecular complexity index is 669. The normalized spacial score (nSPS) is 35.6. The number of amides is 1. The Balaban J connectivity index is 2.15. The summed E-state index contributed by atoms with van der Waals surface area (Å²) in [6.07, 6.45) is 4.57. The lowest BCUT2D eigenvalue weighted by molar-refractivity contribution is -0.961. The molecule has 6 heteroatoms. The van der Waals surface area contributed by atoms with Crippen molar-refractivity contribution in [2.24, 2.45) is 0 Å². The third kappa shape index (κ3) is 3.30. The minimum absolute atomic E-state index is 0.0114. The summed E-state index contributed by atoms with van der Waals surface area (Å²) < 4.78 is 0.719. The van der Waals surface area contributed by atoms with Crippen molar-refractivity contribution in [2.45, 2.75) is 56.7 Å². The molecule has 1 amide bonds. The van der Waals surface area contributed by atoms with E-state index in [-0.39, 0.29) is 23.6 Å². The van der Waals surface area contributed by atoms with Crippen LogP contribution in [0.25, 0.3) is 0 Å². The first kappa shape index (κ1) is 19.0. The van der Waals surface area contributed by atoms with Gasteiger partial charge in [-0.05, 0) is 25.0 Å². The Morgan fingerprint density at radius 3 is 2.64 bits per heavy atom. The molecule has 2 fully saturated rings. The lowest BCUT2D eigenvalue weighted by atomic mass is 9.70. The van der Waals surface area contributed by atoms with E-state index in [9.17, 15) is 9.90 Å². The van der Waals surface area contributed by atoms with Crippen LogP contribution in [0.5, 0.6) is 0 Å². The molecule has 0 radical (unpaired) electrons. The van der Waals surface area contributed by atoms with Crippen LogP contribution in [0, 0.1) is 0 Å². The second-order valence-electron chi connectivity index (χ2n) is 7.80. The Kier molecular flexibility index (Phi) is 5.36. The number of carbonyl (C=O) groups is 1. The number of halogens is 2. The number of quaternary nitrogens is 1. The van der Waals surface area contributed by atoms with Gasteiger partial charge in [0.1, 0.15) is 18.2 Å². The lowest BCUT2D eigenvalue weighted by Crippen LogP contribution is -2.68. The first-order chi connectivity index (χ1) is 11.8. The van der Waals surface area contributed by atoms with Crippen molar-refractivity contribution in [1.29, 1.82) is 0 Å². The number of aliphatic hydroxyl groups is 1. The van der Waals surface area contributed by atoms with Crippen molar-refractivity contribution >= 4 is 29.1 Å². The standard InChI is InChI=1S/C19H26Cl2N2O2/c1-13(24)22-18-5-3-4-9-19(18,23(2)10-8-15(25)12-23)14-6-7-16(20)17(21)11-14/h6-7,11,15,18,25H,3-5,8-10,12H2,1-2H3/p+1/t15-,18?,19-,23-/m1/s1. The third-order valence-corrected chi connectivity index (χ3v) is 6.95. The molecule has 3 rings (SSSR count). The zero-order chi connectivity index (χ0) is 18.2. The average Bonchev–Trinajstić information content (AvgIpc) is 2.90. The van der Waals surface area contributed by atoms with Gasteiger partial charge < -0.3 is 14.9 Å². The van der Waals surface area contributed by atoms with Crippen LogP contribution in [-0.4, -0.2) is 47.8 Å². The summed E-state index contributed by atoms with van der Waals surface area (Å²) in [6.45, 7) is 3.15. The van der Waals surface area contributed by atoms with Gasteiger partial charge in [0.15, 0.2) is 0 Å². The van der Waals surface area contributed by atoms with Crippen LogP contribution in [0.3, 0.4) is 0 Å². The van der Waals surface area contributed by atoms with Gasteiger partial charge in [-0.25, -0.2) is 0 Å². The second-order valence-corrected chi connectivity index (χ2v) is 8.61. The minimum Gasteiger partial charge on any atom is -0.387 e. The summed E-state index contributed by atoms with van der Waals surface area (Å²) in [6, 6.07) is 5.87. The maximum atomic E-state index is 11.9. The maximum Gasteiger partial charge on any atom is 0.217 e. The molecule has 1 aliphatic carbocycles. The summed E-state index contributed by atoms with van der Waals surface area (Å²) in [5, 5.41) is 14.6. The summed E-state index contributed by atoms with van der Waals surface area (Å²) in [5.74, 6) is -0.0114. The van der Waals surface area contributed by atoms with Crippen LogP contribution in [-0.2, 0) is 10.3 Å². The highest BCUT2D eigenvalue weighted by Crippen LogP contribution is 2.49. The topological polar surface area (TPSA) is 49.3 Å². The Hall–Kier alpha value is -0.810. The number of hydrogen-bond donors (Lipinski definition) is 2. The van der Waals surface area contributed by atoms with Crippen LogP contribution < -0.4 is 5.32 Å². The van der Waals surface area contributed by atoms with Crippen molar-refractivity contribution < 1.29 is 14.4 Å². The van der Waals surface area contributed by atoms with Crippen molar-refractivity contribution in [3.8, 4) is 0 Å². The molecule has 1 saturated heterocycles.